The largest absolute Gasteiger partial charge is 0.373 e. The first-order chi connectivity index (χ1) is 10.3. The lowest BCUT2D eigenvalue weighted by molar-refractivity contribution is 0.997. The number of aromatic nitrogens is 4. The molecule has 0 unspecified atom stereocenters. The van der Waals surface area contributed by atoms with Gasteiger partial charge in [-0.25, -0.2) is 15.0 Å². The van der Waals surface area contributed by atoms with Gasteiger partial charge in [-0.2, -0.15) is 0 Å². The van der Waals surface area contributed by atoms with Gasteiger partial charge in [0.15, 0.2) is 5.65 Å². The average Bonchev–Trinajstić information content (AvgIpc) is 2.95. The number of imidazole rings is 1. The minimum atomic E-state index is 0.735. The fourth-order valence-electron chi connectivity index (χ4n) is 1.98. The van der Waals surface area contributed by atoms with Crippen LogP contribution < -0.4 is 5.32 Å². The van der Waals surface area contributed by atoms with Gasteiger partial charge in [0.25, 0.3) is 0 Å². The normalized spacial score (nSPS) is 10.2. The molecule has 3 rings (SSSR count). The van der Waals surface area contributed by atoms with Crippen LogP contribution in [-0.4, -0.2) is 27.0 Å². The molecule has 0 fully saturated rings. The van der Waals surface area contributed by atoms with Gasteiger partial charge in [-0.1, -0.05) is 18.8 Å². The summed E-state index contributed by atoms with van der Waals surface area (Å²) in [6.45, 7) is 2.06. The third-order valence-corrected chi connectivity index (χ3v) is 3.09. The smallest absolute Gasteiger partial charge is 0.177 e. The van der Waals surface area contributed by atoms with Gasteiger partial charge in [-0.15, -0.1) is 0 Å². The van der Waals surface area contributed by atoms with E-state index in [1.807, 2.05) is 25.2 Å². The summed E-state index contributed by atoms with van der Waals surface area (Å²) in [5, 5.41) is 2.99. The van der Waals surface area contributed by atoms with Gasteiger partial charge in [0.05, 0.1) is 5.52 Å². The maximum absolute atomic E-state index is 4.38. The van der Waals surface area contributed by atoms with E-state index in [4.69, 9.17) is 0 Å². The monoisotopic (exact) mass is 277 g/mol. The molecule has 3 aromatic heterocycles. The van der Waals surface area contributed by atoms with Crippen molar-refractivity contribution in [2.75, 3.05) is 12.4 Å². The Morgan fingerprint density at radius 1 is 1.19 bits per heavy atom. The zero-order valence-corrected chi connectivity index (χ0v) is 11.9. The third-order valence-electron chi connectivity index (χ3n) is 3.09. The van der Waals surface area contributed by atoms with E-state index in [1.54, 1.807) is 12.4 Å². The molecule has 104 valence electrons. The molecule has 0 bridgehead atoms. The van der Waals surface area contributed by atoms with Gasteiger partial charge >= 0.3 is 0 Å². The number of hydrogen-bond donors (Lipinski definition) is 2. The van der Waals surface area contributed by atoms with Crippen molar-refractivity contribution in [3.05, 3.63) is 47.5 Å². The minimum Gasteiger partial charge on any atom is -0.373 e. The number of nitrogens with zero attached hydrogens (tertiary/aromatic N) is 3. The van der Waals surface area contributed by atoms with Crippen LogP contribution in [0, 0.1) is 11.8 Å². The maximum Gasteiger partial charge on any atom is 0.177 e. The van der Waals surface area contributed by atoms with Crippen LogP contribution in [0.5, 0.6) is 0 Å². The zero-order valence-electron chi connectivity index (χ0n) is 11.9. The number of H-pyrrole nitrogens is 1. The van der Waals surface area contributed by atoms with Crippen LogP contribution in [0.4, 0.5) is 5.82 Å². The number of fused-ring (bicyclic) bond motifs is 1. The molecule has 0 amide bonds. The predicted molar refractivity (Wildman–Crippen MR) is 83.0 cm³/mol. The molecule has 5 heteroatoms. The van der Waals surface area contributed by atoms with Crippen LogP contribution in [0.15, 0.2) is 30.6 Å². The average molecular weight is 277 g/mol. The summed E-state index contributed by atoms with van der Waals surface area (Å²) in [7, 11) is 1.83. The molecule has 2 N–H and O–H groups in total. The van der Waals surface area contributed by atoms with Crippen LogP contribution in [0.2, 0.25) is 0 Å². The Balaban J connectivity index is 1.92. The SMILES string of the molecule is CCc1nc2ncc(C#Cc3ccnc(NC)c3)cc2[nH]1. The molecule has 0 saturated heterocycles. The fraction of sp³-hybridized carbons (Fsp3) is 0.188. The van der Waals surface area contributed by atoms with E-state index in [9.17, 15) is 0 Å². The summed E-state index contributed by atoms with van der Waals surface area (Å²) in [4.78, 5) is 16.1. The molecular weight excluding hydrogens is 262 g/mol. The van der Waals surface area contributed by atoms with Crippen molar-refractivity contribution in [1.29, 1.82) is 0 Å². The molecule has 0 aliphatic heterocycles. The van der Waals surface area contributed by atoms with E-state index >= 15 is 0 Å². The van der Waals surface area contributed by atoms with Gasteiger partial charge in [0.1, 0.15) is 11.6 Å². The number of aromatic amines is 1. The maximum atomic E-state index is 4.38. The molecule has 21 heavy (non-hydrogen) atoms. The quantitative estimate of drug-likeness (QED) is 0.706. The highest BCUT2D eigenvalue weighted by atomic mass is 15.0. The minimum absolute atomic E-state index is 0.735. The summed E-state index contributed by atoms with van der Waals surface area (Å²) in [5.41, 5.74) is 3.42. The van der Waals surface area contributed by atoms with E-state index in [-0.39, 0.29) is 0 Å². The highest BCUT2D eigenvalue weighted by molar-refractivity contribution is 5.72. The highest BCUT2D eigenvalue weighted by Crippen LogP contribution is 2.11. The van der Waals surface area contributed by atoms with Crippen LogP contribution >= 0.6 is 0 Å². The molecule has 0 aliphatic rings. The van der Waals surface area contributed by atoms with Gasteiger partial charge in [-0.05, 0) is 18.2 Å². The highest BCUT2D eigenvalue weighted by Gasteiger charge is 2.02. The van der Waals surface area contributed by atoms with Crippen LogP contribution in [0.1, 0.15) is 23.9 Å². The van der Waals surface area contributed by atoms with E-state index in [1.165, 1.54) is 0 Å². The van der Waals surface area contributed by atoms with Gasteiger partial charge < -0.3 is 10.3 Å². The van der Waals surface area contributed by atoms with Crippen molar-refractivity contribution in [3.63, 3.8) is 0 Å². The molecule has 0 saturated carbocycles. The lowest BCUT2D eigenvalue weighted by Crippen LogP contribution is -1.91. The molecule has 0 aliphatic carbocycles. The molecule has 3 heterocycles. The Bertz CT molecular complexity index is 838. The summed E-state index contributed by atoms with van der Waals surface area (Å²) in [5.74, 6) is 7.98. The number of aryl methyl sites for hydroxylation is 1. The molecule has 0 atom stereocenters. The first kappa shape index (κ1) is 13.1. The first-order valence-electron chi connectivity index (χ1n) is 6.79. The molecule has 0 radical (unpaired) electrons. The van der Waals surface area contributed by atoms with Crippen molar-refractivity contribution in [1.82, 2.24) is 19.9 Å². The Kier molecular flexibility index (Phi) is 3.52. The summed E-state index contributed by atoms with van der Waals surface area (Å²) in [6.07, 6.45) is 4.34. The summed E-state index contributed by atoms with van der Waals surface area (Å²) in [6, 6.07) is 5.76. The second-order valence-corrected chi connectivity index (χ2v) is 4.56. The van der Waals surface area contributed by atoms with Gasteiger partial charge in [0, 0.05) is 37.0 Å². The predicted octanol–water partition coefficient (Wildman–Crippen LogP) is 2.36. The molecular formula is C16H15N5. The van der Waals surface area contributed by atoms with Crippen molar-refractivity contribution < 1.29 is 0 Å². The Hall–Kier alpha value is -2.87. The van der Waals surface area contributed by atoms with Gasteiger partial charge in [-0.3, -0.25) is 0 Å². The van der Waals surface area contributed by atoms with Crippen molar-refractivity contribution in [2.45, 2.75) is 13.3 Å². The number of nitrogens with one attached hydrogen (secondary N) is 2. The Labute approximate surface area is 122 Å². The summed E-state index contributed by atoms with van der Waals surface area (Å²) < 4.78 is 0. The second kappa shape index (κ2) is 5.63. The lowest BCUT2D eigenvalue weighted by atomic mass is 10.2. The number of hydrogen-bond acceptors (Lipinski definition) is 4. The molecule has 0 spiro atoms. The number of rotatable bonds is 2. The second-order valence-electron chi connectivity index (χ2n) is 4.56. The van der Waals surface area contributed by atoms with Crippen LogP contribution in [0.25, 0.3) is 11.2 Å². The molecule has 3 aromatic rings. The Morgan fingerprint density at radius 3 is 2.86 bits per heavy atom. The molecule has 0 aromatic carbocycles. The lowest BCUT2D eigenvalue weighted by Gasteiger charge is -1.97. The van der Waals surface area contributed by atoms with Crippen molar-refractivity contribution in [2.24, 2.45) is 0 Å². The van der Waals surface area contributed by atoms with E-state index < -0.39 is 0 Å². The number of anilines is 1. The van der Waals surface area contributed by atoms with Gasteiger partial charge in [0.2, 0.25) is 0 Å². The van der Waals surface area contributed by atoms with E-state index in [0.29, 0.717) is 0 Å². The zero-order chi connectivity index (χ0) is 14.7. The fourth-order valence-corrected chi connectivity index (χ4v) is 1.98. The van der Waals surface area contributed by atoms with Crippen molar-refractivity contribution >= 4 is 17.0 Å². The first-order valence-corrected chi connectivity index (χ1v) is 6.79. The van der Waals surface area contributed by atoms with E-state index in [0.717, 1.165) is 40.4 Å². The van der Waals surface area contributed by atoms with Crippen LogP contribution in [-0.2, 0) is 6.42 Å². The topological polar surface area (TPSA) is 66.5 Å². The molecule has 5 nitrogen and oxygen atoms in total. The van der Waals surface area contributed by atoms with E-state index in [2.05, 4.69) is 44.0 Å². The van der Waals surface area contributed by atoms with Crippen LogP contribution in [0.3, 0.4) is 0 Å². The Morgan fingerprint density at radius 2 is 2.05 bits per heavy atom. The number of pyridine rings is 2. The van der Waals surface area contributed by atoms with Crippen molar-refractivity contribution in [3.8, 4) is 11.8 Å². The summed E-state index contributed by atoms with van der Waals surface area (Å²) >= 11 is 0. The standard InChI is InChI=1S/C16H15N5/c1-3-14-20-13-8-12(10-19-16(13)21-14)5-4-11-6-7-18-15(9-11)17-2/h6-10H,3H2,1-2H3,(H,17,18)(H,19,20,21). The third kappa shape index (κ3) is 2.84.